The van der Waals surface area contributed by atoms with Crippen molar-refractivity contribution in [2.24, 2.45) is 0 Å². The van der Waals surface area contributed by atoms with E-state index in [4.69, 9.17) is 16.3 Å². The van der Waals surface area contributed by atoms with E-state index in [9.17, 15) is 4.79 Å². The molecule has 1 aromatic carbocycles. The number of ether oxygens (including phenoxy) is 1. The molecule has 4 heteroatoms. The lowest BCUT2D eigenvalue weighted by atomic mass is 10.2. The summed E-state index contributed by atoms with van der Waals surface area (Å²) < 4.78 is 5.08. The van der Waals surface area contributed by atoms with Gasteiger partial charge in [-0.2, -0.15) is 0 Å². The van der Waals surface area contributed by atoms with E-state index in [0.29, 0.717) is 22.9 Å². The zero-order valence-electron chi connectivity index (χ0n) is 8.84. The number of hydrogen-bond acceptors (Lipinski definition) is 2. The number of carbonyl (C=O) groups is 1. The number of rotatable bonds is 4. The summed E-state index contributed by atoms with van der Waals surface area (Å²) in [6.45, 7) is 2.66. The van der Waals surface area contributed by atoms with Crippen LogP contribution >= 0.6 is 11.6 Å². The van der Waals surface area contributed by atoms with E-state index < -0.39 is 0 Å². The van der Waals surface area contributed by atoms with Crippen LogP contribution in [0.2, 0.25) is 5.02 Å². The number of halogens is 1. The predicted molar refractivity (Wildman–Crippen MR) is 60.6 cm³/mol. The summed E-state index contributed by atoms with van der Waals surface area (Å²) >= 11 is 5.79. The highest BCUT2D eigenvalue weighted by Crippen LogP contribution is 2.22. The molecule has 0 aliphatic heterocycles. The van der Waals surface area contributed by atoms with Crippen LogP contribution in [0.4, 0.5) is 0 Å². The minimum Gasteiger partial charge on any atom is -0.496 e. The van der Waals surface area contributed by atoms with Crippen LogP contribution in [0.5, 0.6) is 5.75 Å². The number of methoxy groups -OCH3 is 1. The molecular formula is C11H14ClNO2. The van der Waals surface area contributed by atoms with Crippen molar-refractivity contribution < 1.29 is 9.53 Å². The lowest BCUT2D eigenvalue weighted by Crippen LogP contribution is -2.24. The molecule has 0 saturated heterocycles. The van der Waals surface area contributed by atoms with E-state index in [1.165, 1.54) is 7.11 Å². The van der Waals surface area contributed by atoms with Crippen molar-refractivity contribution in [3.05, 3.63) is 28.8 Å². The van der Waals surface area contributed by atoms with Crippen LogP contribution in [-0.2, 0) is 0 Å². The van der Waals surface area contributed by atoms with Crippen LogP contribution in [0.3, 0.4) is 0 Å². The first kappa shape index (κ1) is 11.9. The smallest absolute Gasteiger partial charge is 0.255 e. The second-order valence-electron chi connectivity index (χ2n) is 3.10. The van der Waals surface area contributed by atoms with Gasteiger partial charge in [-0.25, -0.2) is 0 Å². The average molecular weight is 228 g/mol. The Hall–Kier alpha value is -1.22. The Bertz CT molecular complexity index is 352. The summed E-state index contributed by atoms with van der Waals surface area (Å²) in [5.74, 6) is 0.362. The lowest BCUT2D eigenvalue weighted by Gasteiger charge is -2.08. The maximum absolute atomic E-state index is 11.7. The summed E-state index contributed by atoms with van der Waals surface area (Å²) in [4.78, 5) is 11.7. The third kappa shape index (κ3) is 3.13. The molecule has 1 rings (SSSR count). The van der Waals surface area contributed by atoms with Crippen molar-refractivity contribution >= 4 is 17.5 Å². The SMILES string of the molecule is CCCNC(=O)c1ccc(Cl)cc1OC. The molecule has 0 heterocycles. The first-order valence-electron chi connectivity index (χ1n) is 4.80. The number of nitrogens with one attached hydrogen (secondary N) is 1. The fourth-order valence-electron chi connectivity index (χ4n) is 1.19. The zero-order valence-corrected chi connectivity index (χ0v) is 9.60. The Morgan fingerprint density at radius 1 is 1.53 bits per heavy atom. The van der Waals surface area contributed by atoms with Crippen LogP contribution in [0.25, 0.3) is 0 Å². The van der Waals surface area contributed by atoms with Gasteiger partial charge in [-0.3, -0.25) is 4.79 Å². The van der Waals surface area contributed by atoms with E-state index in [0.717, 1.165) is 6.42 Å². The second kappa shape index (κ2) is 5.61. The van der Waals surface area contributed by atoms with Crippen molar-refractivity contribution in [3.8, 4) is 5.75 Å². The Morgan fingerprint density at radius 2 is 2.27 bits per heavy atom. The molecule has 0 spiro atoms. The van der Waals surface area contributed by atoms with Crippen LogP contribution in [0.15, 0.2) is 18.2 Å². The van der Waals surface area contributed by atoms with Crippen molar-refractivity contribution in [2.75, 3.05) is 13.7 Å². The normalized spacial score (nSPS) is 9.80. The first-order valence-corrected chi connectivity index (χ1v) is 5.18. The highest BCUT2D eigenvalue weighted by atomic mass is 35.5. The number of hydrogen-bond donors (Lipinski definition) is 1. The van der Waals surface area contributed by atoms with Crippen LogP contribution in [-0.4, -0.2) is 19.6 Å². The molecule has 82 valence electrons. The van der Waals surface area contributed by atoms with Crippen LogP contribution in [0.1, 0.15) is 23.7 Å². The van der Waals surface area contributed by atoms with E-state index in [1.807, 2.05) is 6.92 Å². The fraction of sp³-hybridized carbons (Fsp3) is 0.364. The summed E-state index contributed by atoms with van der Waals surface area (Å²) in [6, 6.07) is 4.96. The quantitative estimate of drug-likeness (QED) is 0.858. The molecule has 0 bridgehead atoms. The Balaban J connectivity index is 2.87. The minimum atomic E-state index is -0.134. The van der Waals surface area contributed by atoms with Gasteiger partial charge in [-0.15, -0.1) is 0 Å². The van der Waals surface area contributed by atoms with E-state index in [-0.39, 0.29) is 5.91 Å². The Labute approximate surface area is 94.4 Å². The molecule has 0 aliphatic rings. The topological polar surface area (TPSA) is 38.3 Å². The third-order valence-corrected chi connectivity index (χ3v) is 2.18. The van der Waals surface area contributed by atoms with Crippen LogP contribution < -0.4 is 10.1 Å². The van der Waals surface area contributed by atoms with Crippen molar-refractivity contribution in [1.29, 1.82) is 0 Å². The van der Waals surface area contributed by atoms with Gasteiger partial charge < -0.3 is 10.1 Å². The lowest BCUT2D eigenvalue weighted by molar-refractivity contribution is 0.0950. The largest absolute Gasteiger partial charge is 0.496 e. The van der Waals surface area contributed by atoms with Gasteiger partial charge in [-0.05, 0) is 24.6 Å². The zero-order chi connectivity index (χ0) is 11.3. The van der Waals surface area contributed by atoms with Gasteiger partial charge in [0.1, 0.15) is 5.75 Å². The third-order valence-electron chi connectivity index (χ3n) is 1.94. The van der Waals surface area contributed by atoms with E-state index >= 15 is 0 Å². The van der Waals surface area contributed by atoms with Gasteiger partial charge in [0.15, 0.2) is 0 Å². The Kier molecular flexibility index (Phi) is 4.43. The molecule has 15 heavy (non-hydrogen) atoms. The highest BCUT2D eigenvalue weighted by Gasteiger charge is 2.11. The average Bonchev–Trinajstić information content (AvgIpc) is 2.25. The van der Waals surface area contributed by atoms with Crippen molar-refractivity contribution in [2.45, 2.75) is 13.3 Å². The molecule has 0 aromatic heterocycles. The molecule has 1 aromatic rings. The monoisotopic (exact) mass is 227 g/mol. The fourth-order valence-corrected chi connectivity index (χ4v) is 1.35. The predicted octanol–water partition coefficient (Wildman–Crippen LogP) is 2.49. The van der Waals surface area contributed by atoms with Crippen molar-refractivity contribution in [1.82, 2.24) is 5.32 Å². The minimum absolute atomic E-state index is 0.134. The van der Waals surface area contributed by atoms with E-state index in [2.05, 4.69) is 5.32 Å². The maximum Gasteiger partial charge on any atom is 0.255 e. The number of benzene rings is 1. The van der Waals surface area contributed by atoms with Crippen LogP contribution in [0, 0.1) is 0 Å². The van der Waals surface area contributed by atoms with Gasteiger partial charge in [0, 0.05) is 11.6 Å². The summed E-state index contributed by atoms with van der Waals surface area (Å²) in [5.41, 5.74) is 0.510. The van der Waals surface area contributed by atoms with Gasteiger partial charge in [0.05, 0.1) is 12.7 Å². The van der Waals surface area contributed by atoms with Gasteiger partial charge in [0.2, 0.25) is 0 Å². The molecule has 0 saturated carbocycles. The molecular weight excluding hydrogens is 214 g/mol. The molecule has 0 unspecified atom stereocenters. The Morgan fingerprint density at radius 3 is 2.87 bits per heavy atom. The molecule has 1 amide bonds. The molecule has 0 atom stereocenters. The number of amides is 1. The first-order chi connectivity index (χ1) is 7.19. The molecule has 3 nitrogen and oxygen atoms in total. The van der Waals surface area contributed by atoms with Gasteiger partial charge in [0.25, 0.3) is 5.91 Å². The summed E-state index contributed by atoms with van der Waals surface area (Å²) in [7, 11) is 1.52. The molecule has 0 radical (unpaired) electrons. The number of carbonyl (C=O) groups excluding carboxylic acids is 1. The molecule has 0 fully saturated rings. The summed E-state index contributed by atoms with van der Waals surface area (Å²) in [6.07, 6.45) is 0.904. The standard InChI is InChI=1S/C11H14ClNO2/c1-3-6-13-11(14)9-5-4-8(12)7-10(9)15-2/h4-5,7H,3,6H2,1-2H3,(H,13,14). The molecule has 1 N–H and O–H groups in total. The van der Waals surface area contributed by atoms with Crippen molar-refractivity contribution in [3.63, 3.8) is 0 Å². The second-order valence-corrected chi connectivity index (χ2v) is 3.54. The van der Waals surface area contributed by atoms with Gasteiger partial charge >= 0.3 is 0 Å². The highest BCUT2D eigenvalue weighted by molar-refractivity contribution is 6.30. The van der Waals surface area contributed by atoms with Gasteiger partial charge in [-0.1, -0.05) is 18.5 Å². The molecule has 0 aliphatic carbocycles. The summed E-state index contributed by atoms with van der Waals surface area (Å²) in [5, 5.41) is 3.34. The maximum atomic E-state index is 11.7. The van der Waals surface area contributed by atoms with E-state index in [1.54, 1.807) is 18.2 Å².